The van der Waals surface area contributed by atoms with Gasteiger partial charge in [-0.1, -0.05) is 0 Å². The van der Waals surface area contributed by atoms with Crippen LogP contribution in [-0.4, -0.2) is 33.0 Å². The summed E-state index contributed by atoms with van der Waals surface area (Å²) in [6.07, 6.45) is 2.68. The van der Waals surface area contributed by atoms with Crippen LogP contribution in [-0.2, 0) is 4.79 Å². The van der Waals surface area contributed by atoms with Crippen molar-refractivity contribution in [2.45, 2.75) is 19.9 Å². The standard InChI is InChI=1S/C9H11N3O3/c1-5-7(3-10-4-11-5)8(13)12-6(2)9(14)15/h3-4,6H,1-2H3,(H,12,13)(H,14,15)/t6-/m1/s1. The molecule has 1 atom stereocenters. The highest BCUT2D eigenvalue weighted by Crippen LogP contribution is 2.01. The summed E-state index contributed by atoms with van der Waals surface area (Å²) >= 11 is 0. The lowest BCUT2D eigenvalue weighted by molar-refractivity contribution is -0.138. The SMILES string of the molecule is Cc1ncncc1C(=O)N[C@H](C)C(=O)O. The molecule has 6 heteroatoms. The van der Waals surface area contributed by atoms with Crippen LogP contribution >= 0.6 is 0 Å². The molecule has 1 aromatic heterocycles. The first kappa shape index (κ1) is 11.1. The molecule has 0 aliphatic rings. The highest BCUT2D eigenvalue weighted by molar-refractivity contribution is 5.97. The van der Waals surface area contributed by atoms with Crippen LogP contribution in [0.4, 0.5) is 0 Å². The molecule has 0 saturated heterocycles. The summed E-state index contributed by atoms with van der Waals surface area (Å²) in [6, 6.07) is -0.933. The molecule has 0 saturated carbocycles. The third-order valence-corrected chi connectivity index (χ3v) is 1.87. The molecule has 15 heavy (non-hydrogen) atoms. The molecule has 80 valence electrons. The maximum absolute atomic E-state index is 11.5. The number of rotatable bonds is 3. The molecule has 2 N–H and O–H groups in total. The van der Waals surface area contributed by atoms with E-state index in [1.165, 1.54) is 19.4 Å². The van der Waals surface area contributed by atoms with Crippen molar-refractivity contribution in [3.63, 3.8) is 0 Å². The number of carboxylic acid groups (broad SMARTS) is 1. The number of hydrogen-bond donors (Lipinski definition) is 2. The number of nitrogens with zero attached hydrogens (tertiary/aromatic N) is 2. The van der Waals surface area contributed by atoms with Gasteiger partial charge in [-0.15, -0.1) is 0 Å². The lowest BCUT2D eigenvalue weighted by Crippen LogP contribution is -2.38. The summed E-state index contributed by atoms with van der Waals surface area (Å²) in [7, 11) is 0. The minimum atomic E-state index is -1.09. The van der Waals surface area contributed by atoms with Crippen LogP contribution in [0.1, 0.15) is 23.0 Å². The van der Waals surface area contributed by atoms with Crippen LogP contribution in [0.15, 0.2) is 12.5 Å². The van der Waals surface area contributed by atoms with Gasteiger partial charge in [-0.2, -0.15) is 0 Å². The molecule has 6 nitrogen and oxygen atoms in total. The number of carbonyl (C=O) groups excluding carboxylic acids is 1. The van der Waals surface area contributed by atoms with Crippen molar-refractivity contribution in [2.75, 3.05) is 0 Å². The Bertz CT molecular complexity index is 392. The number of nitrogens with one attached hydrogen (secondary N) is 1. The number of carbonyl (C=O) groups is 2. The zero-order valence-corrected chi connectivity index (χ0v) is 8.39. The maximum atomic E-state index is 11.5. The van der Waals surface area contributed by atoms with Crippen molar-refractivity contribution in [1.29, 1.82) is 0 Å². The molecular weight excluding hydrogens is 198 g/mol. The fourth-order valence-electron chi connectivity index (χ4n) is 0.950. The number of aryl methyl sites for hydroxylation is 1. The molecule has 0 aliphatic heterocycles. The molecule has 0 spiro atoms. The van der Waals surface area contributed by atoms with Crippen LogP contribution in [0.3, 0.4) is 0 Å². The second kappa shape index (κ2) is 4.50. The van der Waals surface area contributed by atoms with Crippen molar-refractivity contribution >= 4 is 11.9 Å². The Morgan fingerprint density at radius 1 is 1.53 bits per heavy atom. The van der Waals surface area contributed by atoms with Gasteiger partial charge in [0.05, 0.1) is 11.3 Å². The minimum absolute atomic E-state index is 0.283. The van der Waals surface area contributed by atoms with Gasteiger partial charge in [0.2, 0.25) is 0 Å². The molecule has 0 fully saturated rings. The summed E-state index contributed by atoms with van der Waals surface area (Å²) in [6.45, 7) is 3.04. The Morgan fingerprint density at radius 3 is 2.73 bits per heavy atom. The van der Waals surface area contributed by atoms with Crippen LogP contribution in [0.5, 0.6) is 0 Å². The van der Waals surface area contributed by atoms with E-state index in [-0.39, 0.29) is 5.56 Å². The zero-order chi connectivity index (χ0) is 11.4. The van der Waals surface area contributed by atoms with Gasteiger partial charge in [0.15, 0.2) is 0 Å². The van der Waals surface area contributed by atoms with Crippen LogP contribution < -0.4 is 5.32 Å². The summed E-state index contributed by atoms with van der Waals surface area (Å²) in [4.78, 5) is 29.6. The highest BCUT2D eigenvalue weighted by Gasteiger charge is 2.16. The topological polar surface area (TPSA) is 92.2 Å². The van der Waals surface area contributed by atoms with Gasteiger partial charge in [0.1, 0.15) is 12.4 Å². The minimum Gasteiger partial charge on any atom is -0.480 e. The molecule has 1 amide bonds. The van der Waals surface area contributed by atoms with Crippen molar-refractivity contribution in [3.05, 3.63) is 23.8 Å². The Balaban J connectivity index is 2.78. The quantitative estimate of drug-likeness (QED) is 0.730. The molecule has 0 aromatic carbocycles. The van der Waals surface area contributed by atoms with Gasteiger partial charge < -0.3 is 10.4 Å². The second-order valence-electron chi connectivity index (χ2n) is 3.06. The van der Waals surface area contributed by atoms with E-state index in [9.17, 15) is 9.59 Å². The fourth-order valence-corrected chi connectivity index (χ4v) is 0.950. The summed E-state index contributed by atoms with van der Waals surface area (Å²) in [5.41, 5.74) is 0.797. The van der Waals surface area contributed by atoms with Gasteiger partial charge in [-0.3, -0.25) is 9.59 Å². The van der Waals surface area contributed by atoms with E-state index in [1.54, 1.807) is 6.92 Å². The number of hydrogen-bond acceptors (Lipinski definition) is 4. The van der Waals surface area contributed by atoms with Gasteiger partial charge in [-0.25, -0.2) is 9.97 Å². The first-order valence-corrected chi connectivity index (χ1v) is 4.32. The Hall–Kier alpha value is -1.98. The lowest BCUT2D eigenvalue weighted by Gasteiger charge is -2.09. The Kier molecular flexibility index (Phi) is 3.33. The first-order chi connectivity index (χ1) is 7.02. The van der Waals surface area contributed by atoms with Gasteiger partial charge >= 0.3 is 5.97 Å². The van der Waals surface area contributed by atoms with E-state index in [1.807, 2.05) is 0 Å². The molecule has 1 heterocycles. The Morgan fingerprint density at radius 2 is 2.20 bits per heavy atom. The molecule has 1 rings (SSSR count). The summed E-state index contributed by atoms with van der Waals surface area (Å²) < 4.78 is 0. The third-order valence-electron chi connectivity index (χ3n) is 1.87. The van der Waals surface area contributed by atoms with Crippen LogP contribution in [0.25, 0.3) is 0 Å². The monoisotopic (exact) mass is 209 g/mol. The molecule has 0 bridgehead atoms. The third kappa shape index (κ3) is 2.73. The molecule has 1 aromatic rings. The van der Waals surface area contributed by atoms with E-state index >= 15 is 0 Å². The molecular formula is C9H11N3O3. The summed E-state index contributed by atoms with van der Waals surface area (Å²) in [5, 5.41) is 10.9. The van der Waals surface area contributed by atoms with E-state index < -0.39 is 17.9 Å². The van der Waals surface area contributed by atoms with Crippen molar-refractivity contribution < 1.29 is 14.7 Å². The molecule has 0 radical (unpaired) electrons. The fraction of sp³-hybridized carbons (Fsp3) is 0.333. The van der Waals surface area contributed by atoms with Gasteiger partial charge in [-0.05, 0) is 13.8 Å². The van der Waals surface area contributed by atoms with Crippen LogP contribution in [0, 0.1) is 6.92 Å². The zero-order valence-electron chi connectivity index (χ0n) is 8.39. The highest BCUT2D eigenvalue weighted by atomic mass is 16.4. The largest absolute Gasteiger partial charge is 0.480 e. The Labute approximate surface area is 86.4 Å². The predicted octanol–water partition coefficient (Wildman–Crippen LogP) is -0.0121. The number of amides is 1. The second-order valence-corrected chi connectivity index (χ2v) is 3.06. The van der Waals surface area contributed by atoms with Crippen molar-refractivity contribution in [3.8, 4) is 0 Å². The smallest absolute Gasteiger partial charge is 0.325 e. The van der Waals surface area contributed by atoms with Crippen LogP contribution in [0.2, 0.25) is 0 Å². The predicted molar refractivity (Wildman–Crippen MR) is 51.3 cm³/mol. The number of aromatic nitrogens is 2. The average Bonchev–Trinajstić information content (AvgIpc) is 2.18. The summed E-state index contributed by atoms with van der Waals surface area (Å²) in [5.74, 6) is -1.57. The number of aliphatic carboxylic acids is 1. The van der Waals surface area contributed by atoms with E-state index in [4.69, 9.17) is 5.11 Å². The lowest BCUT2D eigenvalue weighted by atomic mass is 10.2. The van der Waals surface area contributed by atoms with Crippen molar-refractivity contribution in [1.82, 2.24) is 15.3 Å². The van der Waals surface area contributed by atoms with E-state index in [0.29, 0.717) is 5.69 Å². The molecule has 0 aliphatic carbocycles. The van der Waals surface area contributed by atoms with Gasteiger partial charge in [0, 0.05) is 6.20 Å². The van der Waals surface area contributed by atoms with Gasteiger partial charge in [0.25, 0.3) is 5.91 Å². The average molecular weight is 209 g/mol. The normalized spacial score (nSPS) is 11.9. The van der Waals surface area contributed by atoms with E-state index in [2.05, 4.69) is 15.3 Å². The first-order valence-electron chi connectivity index (χ1n) is 4.32. The number of carboxylic acids is 1. The molecule has 0 unspecified atom stereocenters. The van der Waals surface area contributed by atoms with E-state index in [0.717, 1.165) is 0 Å². The maximum Gasteiger partial charge on any atom is 0.325 e. The van der Waals surface area contributed by atoms with Crippen molar-refractivity contribution in [2.24, 2.45) is 0 Å².